The molecule has 2 aromatic carbocycles. The minimum atomic E-state index is 0.567. The Bertz CT molecular complexity index is 561. The van der Waals surface area contributed by atoms with Crippen LogP contribution in [-0.4, -0.2) is 6.54 Å². The quantitative estimate of drug-likeness (QED) is 0.896. The fourth-order valence-corrected chi connectivity index (χ4v) is 2.39. The summed E-state index contributed by atoms with van der Waals surface area (Å²) in [6.45, 7) is 7.91. The van der Waals surface area contributed by atoms with Crippen molar-refractivity contribution in [2.75, 3.05) is 11.4 Å². The molecule has 0 aliphatic carbocycles. The van der Waals surface area contributed by atoms with E-state index in [0.29, 0.717) is 6.54 Å². The van der Waals surface area contributed by atoms with E-state index in [-0.39, 0.29) is 0 Å². The molecule has 19 heavy (non-hydrogen) atoms. The lowest BCUT2D eigenvalue weighted by Crippen LogP contribution is -2.19. The lowest BCUT2D eigenvalue weighted by molar-refractivity contribution is 0.980. The predicted molar refractivity (Wildman–Crippen MR) is 82.9 cm³/mol. The molecule has 2 aromatic rings. The van der Waals surface area contributed by atoms with Crippen molar-refractivity contribution in [1.82, 2.24) is 0 Å². The first-order valence-corrected chi connectivity index (χ1v) is 6.79. The number of rotatable bonds is 4. The molecule has 2 rings (SSSR count). The summed E-state index contributed by atoms with van der Waals surface area (Å²) in [7, 11) is 0. The van der Waals surface area contributed by atoms with Crippen molar-refractivity contribution in [1.29, 1.82) is 0 Å². The van der Waals surface area contributed by atoms with E-state index >= 15 is 0 Å². The first-order valence-electron chi connectivity index (χ1n) is 6.79. The molecule has 0 saturated heterocycles. The molecule has 0 radical (unpaired) electrons. The van der Waals surface area contributed by atoms with Gasteiger partial charge in [0, 0.05) is 24.5 Å². The zero-order valence-electron chi connectivity index (χ0n) is 12.0. The number of nitrogens with two attached hydrogens (primary N) is 1. The van der Waals surface area contributed by atoms with E-state index in [1.54, 1.807) is 0 Å². The van der Waals surface area contributed by atoms with Crippen molar-refractivity contribution in [3.8, 4) is 0 Å². The normalized spacial score (nSPS) is 10.5. The monoisotopic (exact) mass is 254 g/mol. The van der Waals surface area contributed by atoms with Crippen molar-refractivity contribution in [3.05, 3.63) is 59.2 Å². The van der Waals surface area contributed by atoms with E-state index in [4.69, 9.17) is 5.73 Å². The van der Waals surface area contributed by atoms with Crippen molar-refractivity contribution in [2.45, 2.75) is 27.3 Å². The van der Waals surface area contributed by atoms with Gasteiger partial charge in [-0.3, -0.25) is 0 Å². The van der Waals surface area contributed by atoms with Gasteiger partial charge in [0.2, 0.25) is 0 Å². The van der Waals surface area contributed by atoms with Crippen LogP contribution in [0.5, 0.6) is 0 Å². The molecule has 0 bridgehead atoms. The second-order valence-electron chi connectivity index (χ2n) is 4.92. The molecular weight excluding hydrogens is 232 g/mol. The van der Waals surface area contributed by atoms with Crippen LogP contribution in [0.4, 0.5) is 11.4 Å². The Labute approximate surface area is 115 Å². The lowest BCUT2D eigenvalue weighted by Gasteiger charge is -2.26. The van der Waals surface area contributed by atoms with E-state index in [1.165, 1.54) is 28.1 Å². The molecule has 0 atom stereocenters. The van der Waals surface area contributed by atoms with Gasteiger partial charge < -0.3 is 10.6 Å². The van der Waals surface area contributed by atoms with Gasteiger partial charge in [-0.2, -0.15) is 0 Å². The van der Waals surface area contributed by atoms with E-state index in [1.807, 2.05) is 0 Å². The first kappa shape index (κ1) is 13.6. The van der Waals surface area contributed by atoms with Crippen LogP contribution < -0.4 is 10.6 Å². The van der Waals surface area contributed by atoms with Crippen LogP contribution >= 0.6 is 0 Å². The molecule has 0 aliphatic heterocycles. The average molecular weight is 254 g/mol. The van der Waals surface area contributed by atoms with Crippen molar-refractivity contribution < 1.29 is 0 Å². The summed E-state index contributed by atoms with van der Waals surface area (Å²) in [6, 6.07) is 15.1. The summed E-state index contributed by atoms with van der Waals surface area (Å²) in [5.74, 6) is 0. The second-order valence-corrected chi connectivity index (χ2v) is 4.92. The van der Waals surface area contributed by atoms with Crippen LogP contribution in [0.3, 0.4) is 0 Å². The Hall–Kier alpha value is -1.80. The highest BCUT2D eigenvalue weighted by Crippen LogP contribution is 2.29. The second kappa shape index (κ2) is 5.89. The molecule has 0 amide bonds. The average Bonchev–Trinajstić information content (AvgIpc) is 2.40. The van der Waals surface area contributed by atoms with Crippen LogP contribution in [-0.2, 0) is 6.54 Å². The minimum Gasteiger partial charge on any atom is -0.341 e. The van der Waals surface area contributed by atoms with Gasteiger partial charge in [-0.15, -0.1) is 0 Å². The smallest absolute Gasteiger partial charge is 0.0458 e. The van der Waals surface area contributed by atoms with Crippen molar-refractivity contribution >= 4 is 11.4 Å². The molecule has 100 valence electrons. The molecule has 0 fully saturated rings. The molecule has 0 aromatic heterocycles. The topological polar surface area (TPSA) is 29.3 Å². The van der Waals surface area contributed by atoms with Crippen molar-refractivity contribution in [3.63, 3.8) is 0 Å². The molecule has 0 saturated carbocycles. The highest BCUT2D eigenvalue weighted by Gasteiger charge is 2.11. The third-order valence-electron chi connectivity index (χ3n) is 3.38. The molecule has 0 spiro atoms. The van der Waals surface area contributed by atoms with Gasteiger partial charge >= 0.3 is 0 Å². The summed E-state index contributed by atoms with van der Waals surface area (Å²) in [6.07, 6.45) is 0. The van der Waals surface area contributed by atoms with Crippen LogP contribution in [0, 0.1) is 13.8 Å². The number of aryl methyl sites for hydroxylation is 2. The molecule has 2 heteroatoms. The summed E-state index contributed by atoms with van der Waals surface area (Å²) >= 11 is 0. The Kier molecular flexibility index (Phi) is 4.23. The predicted octanol–water partition coefficient (Wildman–Crippen LogP) is 3.92. The van der Waals surface area contributed by atoms with Gasteiger partial charge in [-0.05, 0) is 55.7 Å². The van der Waals surface area contributed by atoms with Crippen LogP contribution in [0.1, 0.15) is 23.6 Å². The summed E-state index contributed by atoms with van der Waals surface area (Å²) in [4.78, 5) is 2.32. The molecule has 2 nitrogen and oxygen atoms in total. The number of anilines is 2. The highest BCUT2D eigenvalue weighted by atomic mass is 15.1. The first-order chi connectivity index (χ1) is 9.15. The van der Waals surface area contributed by atoms with Crippen LogP contribution in [0.15, 0.2) is 42.5 Å². The fourth-order valence-electron chi connectivity index (χ4n) is 2.39. The zero-order chi connectivity index (χ0) is 13.8. The van der Waals surface area contributed by atoms with Gasteiger partial charge in [-0.25, -0.2) is 0 Å². The molecule has 0 heterocycles. The third-order valence-corrected chi connectivity index (χ3v) is 3.38. The molecule has 0 unspecified atom stereocenters. The Morgan fingerprint density at radius 3 is 2.37 bits per heavy atom. The van der Waals surface area contributed by atoms with Gasteiger partial charge in [0.05, 0.1) is 0 Å². The molecular formula is C17H22N2. The number of nitrogens with zero attached hydrogens (tertiary/aromatic N) is 1. The Morgan fingerprint density at radius 2 is 1.74 bits per heavy atom. The number of benzene rings is 2. The fraction of sp³-hybridized carbons (Fsp3) is 0.294. The lowest BCUT2D eigenvalue weighted by atomic mass is 10.1. The summed E-state index contributed by atoms with van der Waals surface area (Å²) < 4.78 is 0. The minimum absolute atomic E-state index is 0.567. The van der Waals surface area contributed by atoms with Crippen molar-refractivity contribution in [2.24, 2.45) is 5.73 Å². The standard InChI is InChI=1S/C17H22N2/c1-4-19(16-7-5-6-13(2)10-16)17-11-14(3)8-9-15(17)12-18/h5-11H,4,12,18H2,1-3H3. The van der Waals surface area contributed by atoms with Gasteiger partial charge in [0.25, 0.3) is 0 Å². The summed E-state index contributed by atoms with van der Waals surface area (Å²) in [5, 5.41) is 0. The van der Waals surface area contributed by atoms with Crippen LogP contribution in [0.25, 0.3) is 0 Å². The van der Waals surface area contributed by atoms with Gasteiger partial charge in [-0.1, -0.05) is 24.3 Å². The highest BCUT2D eigenvalue weighted by molar-refractivity contribution is 5.67. The van der Waals surface area contributed by atoms with Gasteiger partial charge in [0.15, 0.2) is 0 Å². The third kappa shape index (κ3) is 2.96. The van der Waals surface area contributed by atoms with Crippen LogP contribution in [0.2, 0.25) is 0 Å². The summed E-state index contributed by atoms with van der Waals surface area (Å²) in [5.41, 5.74) is 12.0. The van der Waals surface area contributed by atoms with Gasteiger partial charge in [0.1, 0.15) is 0 Å². The zero-order valence-corrected chi connectivity index (χ0v) is 12.0. The number of hydrogen-bond donors (Lipinski definition) is 1. The molecule has 2 N–H and O–H groups in total. The van der Waals surface area contributed by atoms with E-state index in [0.717, 1.165) is 6.54 Å². The Balaban J connectivity index is 2.50. The maximum Gasteiger partial charge on any atom is 0.0458 e. The van der Waals surface area contributed by atoms with E-state index in [2.05, 4.69) is 68.1 Å². The maximum absolute atomic E-state index is 5.87. The largest absolute Gasteiger partial charge is 0.341 e. The Morgan fingerprint density at radius 1 is 1.00 bits per heavy atom. The SMILES string of the molecule is CCN(c1cccc(C)c1)c1cc(C)ccc1CN. The number of hydrogen-bond acceptors (Lipinski definition) is 2. The van der Waals surface area contributed by atoms with E-state index in [9.17, 15) is 0 Å². The maximum atomic E-state index is 5.87. The molecule has 0 aliphatic rings. The van der Waals surface area contributed by atoms with E-state index < -0.39 is 0 Å².